The maximum absolute atomic E-state index is 12.6. The predicted octanol–water partition coefficient (Wildman–Crippen LogP) is 3.24. The fourth-order valence-corrected chi connectivity index (χ4v) is 3.04. The third-order valence-electron chi connectivity index (χ3n) is 4.38. The van der Waals surface area contributed by atoms with Crippen LogP contribution in [0, 0.1) is 0 Å². The first-order valence-corrected chi connectivity index (χ1v) is 9.29. The molecule has 1 amide bonds. The van der Waals surface area contributed by atoms with Gasteiger partial charge < -0.3 is 14.5 Å². The number of furan rings is 1. The van der Waals surface area contributed by atoms with E-state index in [0.29, 0.717) is 23.0 Å². The van der Waals surface area contributed by atoms with Crippen LogP contribution in [-0.4, -0.2) is 45.0 Å². The molecule has 4 aromatic rings. The molecule has 2 heterocycles. The number of anilines is 1. The van der Waals surface area contributed by atoms with Gasteiger partial charge >= 0.3 is 0 Å². The van der Waals surface area contributed by atoms with Crippen molar-refractivity contribution in [3.63, 3.8) is 0 Å². The number of carbonyl (C=O) groups excluding carboxylic acids is 1. The first kappa shape index (κ1) is 19.3. The highest BCUT2D eigenvalue weighted by molar-refractivity contribution is 5.92. The number of amides is 1. The van der Waals surface area contributed by atoms with Crippen molar-refractivity contribution in [3.8, 4) is 11.5 Å². The second kappa shape index (κ2) is 9.01. The van der Waals surface area contributed by atoms with Crippen molar-refractivity contribution in [2.75, 3.05) is 18.9 Å². The van der Waals surface area contributed by atoms with Crippen molar-refractivity contribution in [3.05, 3.63) is 84.6 Å². The summed E-state index contributed by atoms with van der Waals surface area (Å²) in [4.78, 5) is 14.4. The highest BCUT2D eigenvalue weighted by Crippen LogP contribution is 2.25. The third kappa shape index (κ3) is 4.70. The molecule has 0 spiro atoms. The lowest BCUT2D eigenvalue weighted by molar-refractivity contribution is -0.117. The molecular weight excluding hydrogens is 384 g/mol. The van der Waals surface area contributed by atoms with Crippen LogP contribution in [0.4, 0.5) is 5.69 Å². The molecule has 2 N–H and O–H groups in total. The number of aromatic nitrogens is 4. The van der Waals surface area contributed by atoms with Crippen LogP contribution in [0.25, 0.3) is 0 Å². The van der Waals surface area contributed by atoms with Crippen molar-refractivity contribution in [1.82, 2.24) is 25.5 Å². The maximum Gasteiger partial charge on any atom is 0.238 e. The Hall–Kier alpha value is -3.98. The molecule has 0 aliphatic heterocycles. The first-order valence-electron chi connectivity index (χ1n) is 9.29. The summed E-state index contributed by atoms with van der Waals surface area (Å²) in [6, 6.07) is 19.9. The molecule has 152 valence electrons. The number of ether oxygens (including phenoxy) is 1. The van der Waals surface area contributed by atoms with Crippen molar-refractivity contribution in [2.45, 2.75) is 6.04 Å². The zero-order chi connectivity index (χ0) is 20.8. The average molecular weight is 404 g/mol. The molecule has 9 nitrogen and oxygen atoms in total. The fraction of sp³-hybridized carbons (Fsp3) is 0.143. The maximum atomic E-state index is 12.6. The molecule has 0 saturated heterocycles. The summed E-state index contributed by atoms with van der Waals surface area (Å²) in [7, 11) is 1.80. The number of nitrogens with zero attached hydrogens (tertiary/aromatic N) is 4. The summed E-state index contributed by atoms with van der Waals surface area (Å²) in [6.45, 7) is 0.105. The van der Waals surface area contributed by atoms with Gasteiger partial charge in [-0.1, -0.05) is 18.2 Å². The zero-order valence-corrected chi connectivity index (χ0v) is 16.2. The molecule has 0 saturated carbocycles. The number of likely N-dealkylation sites (N-methyl/N-ethyl adjacent to an activating group) is 1. The Balaban J connectivity index is 1.37. The summed E-state index contributed by atoms with van der Waals surface area (Å²) in [5.41, 5.74) is 0.671. The Kier molecular flexibility index (Phi) is 5.81. The smallest absolute Gasteiger partial charge is 0.238 e. The lowest BCUT2D eigenvalue weighted by Crippen LogP contribution is -2.34. The topological polar surface area (TPSA) is 109 Å². The van der Waals surface area contributed by atoms with Gasteiger partial charge in [-0.15, -0.1) is 5.10 Å². The molecule has 0 fully saturated rings. The van der Waals surface area contributed by atoms with Gasteiger partial charge in [-0.3, -0.25) is 9.69 Å². The average Bonchev–Trinajstić information content (AvgIpc) is 3.45. The van der Waals surface area contributed by atoms with Crippen LogP contribution in [0.1, 0.15) is 17.6 Å². The molecule has 1 atom stereocenters. The minimum atomic E-state index is -0.414. The quantitative estimate of drug-likeness (QED) is 0.464. The molecule has 2 aromatic heterocycles. The molecule has 0 radical (unpaired) electrons. The normalized spacial score (nSPS) is 11.9. The SMILES string of the molecule is CN(CC(=O)Nc1ccc(Oc2ccccc2)cc1)C(c1nnn[nH]1)c1ccco1. The van der Waals surface area contributed by atoms with Gasteiger partial charge in [0.1, 0.15) is 23.3 Å². The van der Waals surface area contributed by atoms with Gasteiger partial charge in [0.15, 0.2) is 5.82 Å². The minimum absolute atomic E-state index is 0.105. The molecule has 9 heteroatoms. The van der Waals surface area contributed by atoms with Gasteiger partial charge in [0.05, 0.1) is 12.8 Å². The Bertz CT molecular complexity index is 1020. The van der Waals surface area contributed by atoms with Crippen LogP contribution in [0.2, 0.25) is 0 Å². The Morgan fingerprint density at radius 2 is 1.87 bits per heavy atom. The molecule has 4 rings (SSSR count). The van der Waals surface area contributed by atoms with Crippen LogP contribution in [0.15, 0.2) is 77.4 Å². The number of aromatic amines is 1. The summed E-state index contributed by atoms with van der Waals surface area (Å²) in [5, 5.41) is 16.8. The van der Waals surface area contributed by atoms with E-state index in [1.807, 2.05) is 36.4 Å². The van der Waals surface area contributed by atoms with Gasteiger partial charge in [-0.2, -0.15) is 0 Å². The zero-order valence-electron chi connectivity index (χ0n) is 16.2. The van der Waals surface area contributed by atoms with E-state index in [4.69, 9.17) is 9.15 Å². The first-order chi connectivity index (χ1) is 14.7. The second-order valence-electron chi connectivity index (χ2n) is 6.61. The summed E-state index contributed by atoms with van der Waals surface area (Å²) >= 11 is 0. The van der Waals surface area contributed by atoms with E-state index >= 15 is 0 Å². The fourth-order valence-electron chi connectivity index (χ4n) is 3.04. The number of benzene rings is 2. The summed E-state index contributed by atoms with van der Waals surface area (Å²) < 4.78 is 11.3. The van der Waals surface area contributed by atoms with Crippen LogP contribution in [0.5, 0.6) is 11.5 Å². The number of hydrogen-bond acceptors (Lipinski definition) is 7. The second-order valence-corrected chi connectivity index (χ2v) is 6.61. The van der Waals surface area contributed by atoms with Crippen LogP contribution >= 0.6 is 0 Å². The highest BCUT2D eigenvalue weighted by Gasteiger charge is 2.26. The van der Waals surface area contributed by atoms with Crippen molar-refractivity contribution < 1.29 is 13.9 Å². The van der Waals surface area contributed by atoms with Gasteiger partial charge in [-0.05, 0) is 66.0 Å². The Morgan fingerprint density at radius 1 is 1.10 bits per heavy atom. The summed E-state index contributed by atoms with van der Waals surface area (Å²) in [5.74, 6) is 2.38. The Labute approximate surface area is 172 Å². The Morgan fingerprint density at radius 3 is 2.53 bits per heavy atom. The number of H-pyrrole nitrogens is 1. The molecular formula is C21H20N6O3. The monoisotopic (exact) mass is 404 g/mol. The van der Waals surface area contributed by atoms with Gasteiger partial charge in [0.25, 0.3) is 0 Å². The van der Waals surface area contributed by atoms with Gasteiger partial charge in [0.2, 0.25) is 5.91 Å². The molecule has 0 aliphatic rings. The van der Waals surface area contributed by atoms with Gasteiger partial charge in [-0.25, -0.2) is 5.10 Å². The molecule has 0 bridgehead atoms. The third-order valence-corrected chi connectivity index (χ3v) is 4.38. The van der Waals surface area contributed by atoms with E-state index in [1.165, 1.54) is 0 Å². The number of para-hydroxylation sites is 1. The van der Waals surface area contributed by atoms with Gasteiger partial charge in [0, 0.05) is 5.69 Å². The number of rotatable bonds is 8. The van der Waals surface area contributed by atoms with E-state index < -0.39 is 6.04 Å². The van der Waals surface area contributed by atoms with E-state index in [9.17, 15) is 4.79 Å². The van der Waals surface area contributed by atoms with E-state index in [2.05, 4.69) is 25.9 Å². The van der Waals surface area contributed by atoms with E-state index in [0.717, 1.165) is 5.75 Å². The van der Waals surface area contributed by atoms with Crippen LogP contribution < -0.4 is 10.1 Å². The van der Waals surface area contributed by atoms with Crippen LogP contribution in [0.3, 0.4) is 0 Å². The molecule has 0 aliphatic carbocycles. The van der Waals surface area contributed by atoms with E-state index in [-0.39, 0.29) is 12.5 Å². The minimum Gasteiger partial charge on any atom is -0.467 e. The molecule has 30 heavy (non-hydrogen) atoms. The van der Waals surface area contributed by atoms with Crippen molar-refractivity contribution in [2.24, 2.45) is 0 Å². The summed E-state index contributed by atoms with van der Waals surface area (Å²) in [6.07, 6.45) is 1.57. The van der Waals surface area contributed by atoms with Crippen LogP contribution in [-0.2, 0) is 4.79 Å². The predicted molar refractivity (Wildman–Crippen MR) is 109 cm³/mol. The number of tetrazole rings is 1. The number of hydrogen-bond donors (Lipinski definition) is 2. The number of nitrogens with one attached hydrogen (secondary N) is 2. The van der Waals surface area contributed by atoms with E-state index in [1.54, 1.807) is 48.5 Å². The largest absolute Gasteiger partial charge is 0.467 e. The lowest BCUT2D eigenvalue weighted by Gasteiger charge is -2.23. The highest BCUT2D eigenvalue weighted by atomic mass is 16.5. The standard InChI is InChI=1S/C21H20N6O3/c1-27(20(18-8-5-13-29-18)21-23-25-26-24-21)14-19(28)22-15-9-11-17(12-10-15)30-16-6-3-2-4-7-16/h2-13,20H,14H2,1H3,(H,22,28)(H,23,24,25,26). The van der Waals surface area contributed by atoms with Crippen molar-refractivity contribution >= 4 is 11.6 Å². The number of carbonyl (C=O) groups is 1. The lowest BCUT2D eigenvalue weighted by atomic mass is 10.2. The molecule has 1 unspecified atom stereocenters. The van der Waals surface area contributed by atoms with Crippen molar-refractivity contribution in [1.29, 1.82) is 0 Å². The molecule has 2 aromatic carbocycles.